The fourth-order valence-corrected chi connectivity index (χ4v) is 2.52. The van der Waals surface area contributed by atoms with Gasteiger partial charge in [0.25, 0.3) is 0 Å². The van der Waals surface area contributed by atoms with Crippen LogP contribution >= 0.6 is 24.0 Å². The van der Waals surface area contributed by atoms with Crippen LogP contribution in [0.4, 0.5) is 0 Å². The summed E-state index contributed by atoms with van der Waals surface area (Å²) in [5.41, 5.74) is 1.21. The lowest BCUT2D eigenvalue weighted by molar-refractivity contribution is 0.480. The van der Waals surface area contributed by atoms with Crippen molar-refractivity contribution >= 4 is 34.1 Å². The highest BCUT2D eigenvalue weighted by molar-refractivity contribution is 7.81. The molecular weight excluding hydrogens is 188 g/mol. The van der Waals surface area contributed by atoms with Gasteiger partial charge in [0.15, 0.2) is 5.06 Å². The standard InChI is InChI=1S/C9H8OS2/c1-5-2-3-6-7(4-5)12-9(10)8(6)11/h2-4,10-11H,1H3. The SMILES string of the molecule is Cc1ccc2c(S)c(O)sc2c1. The van der Waals surface area contributed by atoms with Crippen LogP contribution in [-0.4, -0.2) is 5.11 Å². The monoisotopic (exact) mass is 196 g/mol. The zero-order valence-electron chi connectivity index (χ0n) is 6.53. The van der Waals surface area contributed by atoms with Crippen LogP contribution in [0, 0.1) is 6.92 Å². The number of aryl methyl sites for hydroxylation is 1. The topological polar surface area (TPSA) is 20.2 Å². The minimum atomic E-state index is 0.305. The summed E-state index contributed by atoms with van der Waals surface area (Å²) in [6.07, 6.45) is 0. The molecule has 0 saturated carbocycles. The van der Waals surface area contributed by atoms with Crippen LogP contribution in [0.1, 0.15) is 5.56 Å². The van der Waals surface area contributed by atoms with E-state index in [9.17, 15) is 5.11 Å². The highest BCUT2D eigenvalue weighted by atomic mass is 32.1. The molecule has 0 fully saturated rings. The van der Waals surface area contributed by atoms with Crippen molar-refractivity contribution in [1.82, 2.24) is 0 Å². The van der Waals surface area contributed by atoms with Crippen molar-refractivity contribution in [3.63, 3.8) is 0 Å². The van der Waals surface area contributed by atoms with Crippen LogP contribution in [0.2, 0.25) is 0 Å². The number of thiophene rings is 1. The number of fused-ring (bicyclic) bond motifs is 1. The predicted molar refractivity (Wildman–Crippen MR) is 55.5 cm³/mol. The van der Waals surface area contributed by atoms with Gasteiger partial charge in [-0.1, -0.05) is 23.5 Å². The Kier molecular flexibility index (Phi) is 1.77. The molecule has 1 N–H and O–H groups in total. The molecular formula is C9H8OS2. The van der Waals surface area contributed by atoms with E-state index in [4.69, 9.17) is 0 Å². The number of hydrogen-bond acceptors (Lipinski definition) is 3. The van der Waals surface area contributed by atoms with E-state index in [0.29, 0.717) is 9.96 Å². The fraction of sp³-hybridized carbons (Fsp3) is 0.111. The zero-order chi connectivity index (χ0) is 8.72. The summed E-state index contributed by atoms with van der Waals surface area (Å²) >= 11 is 5.58. The molecule has 0 radical (unpaired) electrons. The van der Waals surface area contributed by atoms with Crippen molar-refractivity contribution in [2.45, 2.75) is 11.8 Å². The minimum absolute atomic E-state index is 0.305. The first-order chi connectivity index (χ1) is 5.68. The van der Waals surface area contributed by atoms with Gasteiger partial charge in [-0.25, -0.2) is 0 Å². The molecule has 1 aromatic heterocycles. The third-order valence-corrected chi connectivity index (χ3v) is 3.36. The first-order valence-electron chi connectivity index (χ1n) is 3.59. The molecule has 0 unspecified atom stereocenters. The Morgan fingerprint density at radius 1 is 1.42 bits per heavy atom. The van der Waals surface area contributed by atoms with Crippen molar-refractivity contribution < 1.29 is 5.11 Å². The van der Waals surface area contributed by atoms with Crippen molar-refractivity contribution in [1.29, 1.82) is 0 Å². The minimum Gasteiger partial charge on any atom is -0.499 e. The Hall–Kier alpha value is -0.670. The highest BCUT2D eigenvalue weighted by Crippen LogP contribution is 2.39. The third-order valence-electron chi connectivity index (χ3n) is 1.80. The second-order valence-corrected chi connectivity index (χ2v) is 4.23. The third kappa shape index (κ3) is 1.09. The summed E-state index contributed by atoms with van der Waals surface area (Å²) in [6.45, 7) is 2.04. The van der Waals surface area contributed by atoms with E-state index < -0.39 is 0 Å². The Balaban J connectivity index is 2.87. The lowest BCUT2D eigenvalue weighted by Crippen LogP contribution is -1.68. The number of rotatable bonds is 0. The number of hydrogen-bond donors (Lipinski definition) is 2. The van der Waals surface area contributed by atoms with Crippen molar-refractivity contribution in [2.75, 3.05) is 0 Å². The first kappa shape index (κ1) is 7.95. The maximum absolute atomic E-state index is 9.38. The van der Waals surface area contributed by atoms with E-state index in [1.807, 2.05) is 19.1 Å². The van der Waals surface area contributed by atoms with Gasteiger partial charge < -0.3 is 5.11 Å². The van der Waals surface area contributed by atoms with Crippen LogP contribution < -0.4 is 0 Å². The highest BCUT2D eigenvalue weighted by Gasteiger charge is 2.06. The van der Waals surface area contributed by atoms with E-state index in [1.165, 1.54) is 16.9 Å². The largest absolute Gasteiger partial charge is 0.499 e. The normalized spacial score (nSPS) is 10.8. The molecule has 0 aliphatic heterocycles. The molecule has 1 heterocycles. The maximum Gasteiger partial charge on any atom is 0.186 e. The molecule has 1 nitrogen and oxygen atoms in total. The average molecular weight is 196 g/mol. The van der Waals surface area contributed by atoms with Crippen molar-refractivity contribution in [2.24, 2.45) is 0 Å². The Labute approximate surface area is 80.1 Å². The average Bonchev–Trinajstić information content (AvgIpc) is 2.28. The second kappa shape index (κ2) is 2.68. The zero-order valence-corrected chi connectivity index (χ0v) is 8.25. The molecule has 62 valence electrons. The van der Waals surface area contributed by atoms with Crippen molar-refractivity contribution in [3.05, 3.63) is 23.8 Å². The van der Waals surface area contributed by atoms with Crippen LogP contribution in [-0.2, 0) is 0 Å². The molecule has 3 heteroatoms. The molecule has 0 atom stereocenters. The maximum atomic E-state index is 9.38. The quantitative estimate of drug-likeness (QED) is 0.620. The lowest BCUT2D eigenvalue weighted by Gasteiger charge is -1.91. The van der Waals surface area contributed by atoms with Crippen LogP contribution in [0.3, 0.4) is 0 Å². The summed E-state index contributed by atoms with van der Waals surface area (Å²) in [7, 11) is 0. The fourth-order valence-electron chi connectivity index (χ4n) is 1.18. The van der Waals surface area contributed by atoms with Crippen LogP contribution in [0.25, 0.3) is 10.1 Å². The molecule has 2 aromatic rings. The first-order valence-corrected chi connectivity index (χ1v) is 4.86. The second-order valence-electron chi connectivity index (χ2n) is 2.76. The molecule has 12 heavy (non-hydrogen) atoms. The van der Waals surface area contributed by atoms with Gasteiger partial charge in [-0.2, -0.15) is 0 Å². The number of aromatic hydroxyl groups is 1. The van der Waals surface area contributed by atoms with E-state index in [2.05, 4.69) is 18.7 Å². The van der Waals surface area contributed by atoms with E-state index in [-0.39, 0.29) is 0 Å². The molecule has 0 saturated heterocycles. The lowest BCUT2D eigenvalue weighted by atomic mass is 10.2. The van der Waals surface area contributed by atoms with E-state index in [1.54, 1.807) is 0 Å². The molecule has 0 aliphatic rings. The van der Waals surface area contributed by atoms with Crippen LogP contribution in [0.5, 0.6) is 5.06 Å². The Morgan fingerprint density at radius 2 is 2.17 bits per heavy atom. The summed E-state index contributed by atoms with van der Waals surface area (Å²) in [4.78, 5) is 0.690. The molecule has 0 bridgehead atoms. The van der Waals surface area contributed by atoms with Gasteiger partial charge in [-0.15, -0.1) is 12.6 Å². The van der Waals surface area contributed by atoms with Crippen molar-refractivity contribution in [3.8, 4) is 5.06 Å². The van der Waals surface area contributed by atoms with E-state index in [0.717, 1.165) is 10.1 Å². The molecule has 0 spiro atoms. The van der Waals surface area contributed by atoms with Crippen LogP contribution in [0.15, 0.2) is 23.1 Å². The molecule has 0 aliphatic carbocycles. The van der Waals surface area contributed by atoms with Gasteiger partial charge >= 0.3 is 0 Å². The van der Waals surface area contributed by atoms with Gasteiger partial charge in [-0.05, 0) is 18.6 Å². The van der Waals surface area contributed by atoms with Gasteiger partial charge in [0.2, 0.25) is 0 Å². The number of benzene rings is 1. The summed E-state index contributed by atoms with van der Waals surface area (Å²) in [6, 6.07) is 6.07. The van der Waals surface area contributed by atoms with Gasteiger partial charge in [-0.3, -0.25) is 0 Å². The Morgan fingerprint density at radius 3 is 2.92 bits per heavy atom. The summed E-state index contributed by atoms with van der Waals surface area (Å²) in [5, 5.41) is 10.7. The smallest absolute Gasteiger partial charge is 0.186 e. The van der Waals surface area contributed by atoms with Gasteiger partial charge in [0.1, 0.15) is 0 Å². The molecule has 2 rings (SSSR count). The summed E-state index contributed by atoms with van der Waals surface area (Å²) in [5.74, 6) is 0. The predicted octanol–water partition coefficient (Wildman–Crippen LogP) is 3.20. The Bertz CT molecular complexity index is 431. The number of thiol groups is 1. The van der Waals surface area contributed by atoms with Gasteiger partial charge in [0.05, 0.1) is 4.90 Å². The van der Waals surface area contributed by atoms with E-state index >= 15 is 0 Å². The molecule has 1 aromatic carbocycles. The molecule has 0 amide bonds. The summed E-state index contributed by atoms with van der Waals surface area (Å²) < 4.78 is 1.09. The van der Waals surface area contributed by atoms with Gasteiger partial charge in [0, 0.05) is 10.1 Å².